The lowest BCUT2D eigenvalue weighted by Gasteiger charge is -2.12. The van der Waals surface area contributed by atoms with Gasteiger partial charge in [-0.15, -0.1) is 0 Å². The van der Waals surface area contributed by atoms with Crippen molar-refractivity contribution in [3.05, 3.63) is 194 Å². The minimum atomic E-state index is 0.662. The molecule has 3 aromatic heterocycles. The van der Waals surface area contributed by atoms with E-state index in [-0.39, 0.29) is 0 Å². The Morgan fingerprint density at radius 3 is 1.49 bits per heavy atom. The van der Waals surface area contributed by atoms with Gasteiger partial charge in [0.15, 0.2) is 0 Å². The van der Waals surface area contributed by atoms with Gasteiger partial charge in [-0.05, 0) is 65.7 Å². The first-order chi connectivity index (χ1) is 27.3. The summed E-state index contributed by atoms with van der Waals surface area (Å²) >= 11 is 1.78. The highest BCUT2D eigenvalue weighted by molar-refractivity contribution is 7.99. The number of aromatic nitrogens is 4. The number of hydrogen-bond acceptors (Lipinski definition) is 3. The van der Waals surface area contributed by atoms with Crippen LogP contribution in [0.4, 0.5) is 0 Å². The van der Waals surface area contributed by atoms with Crippen LogP contribution in [0, 0.1) is 0 Å². The molecule has 0 amide bonds. The average molecular weight is 721 g/mol. The number of hydrogen-bond donors (Lipinski definition) is 0. The molecular formula is C50H32N4S. The van der Waals surface area contributed by atoms with Gasteiger partial charge in [0, 0.05) is 48.0 Å². The van der Waals surface area contributed by atoms with Gasteiger partial charge in [0.2, 0.25) is 5.95 Å². The van der Waals surface area contributed by atoms with E-state index in [2.05, 4.69) is 191 Å². The van der Waals surface area contributed by atoms with Gasteiger partial charge in [0.25, 0.3) is 0 Å². The van der Waals surface area contributed by atoms with Gasteiger partial charge in [-0.25, -0.2) is 9.97 Å². The second-order valence-electron chi connectivity index (χ2n) is 13.8. The van der Waals surface area contributed by atoms with Crippen LogP contribution in [0.2, 0.25) is 0 Å². The smallest absolute Gasteiger partial charge is 0.235 e. The Balaban J connectivity index is 1.04. The predicted molar refractivity (Wildman–Crippen MR) is 230 cm³/mol. The molecule has 0 radical (unpaired) electrons. The van der Waals surface area contributed by atoms with Crippen molar-refractivity contribution in [2.45, 2.75) is 9.79 Å². The Bertz CT molecular complexity index is 3220. The van der Waals surface area contributed by atoms with Crippen LogP contribution in [0.3, 0.4) is 0 Å². The molecule has 11 aromatic rings. The first-order valence-corrected chi connectivity index (χ1v) is 19.3. The van der Waals surface area contributed by atoms with Crippen molar-refractivity contribution in [2.75, 3.05) is 0 Å². The molecule has 0 unspecified atom stereocenters. The van der Waals surface area contributed by atoms with Crippen LogP contribution in [0.5, 0.6) is 0 Å². The molecule has 0 N–H and O–H groups in total. The Kier molecular flexibility index (Phi) is 7.39. The summed E-state index contributed by atoms with van der Waals surface area (Å²) in [6.07, 6.45) is 0. The van der Waals surface area contributed by atoms with Crippen molar-refractivity contribution < 1.29 is 0 Å². The molecule has 0 bridgehead atoms. The van der Waals surface area contributed by atoms with E-state index < -0.39 is 0 Å². The minimum absolute atomic E-state index is 0.662. The Morgan fingerprint density at radius 1 is 0.345 bits per heavy atom. The van der Waals surface area contributed by atoms with Crippen LogP contribution in [0.1, 0.15) is 0 Å². The zero-order valence-corrected chi connectivity index (χ0v) is 30.5. The standard InChI is InChI=1S/C50H32N4S/c1-3-13-33(14-4-1)34-23-25-36(26-24-34)53-45-21-11-8-17-39(45)41-29-27-37(31-47(41)53)55-38-28-30-42-40-18-9-12-22-46(40)54(48(42)32-38)50-51-44-20-10-7-19-43(44)49(52-50)35-15-5-2-6-16-35/h1-32H. The molecule has 55 heavy (non-hydrogen) atoms. The fraction of sp³-hybridized carbons (Fsp3) is 0. The SMILES string of the molecule is c1ccc(-c2ccc(-n3c4ccccc4c4ccc(Sc5ccc6c7ccccc7n(-c7nc(-c8ccccc8)c8ccccc8n7)c6c5)cc43)cc2)cc1. The van der Waals surface area contributed by atoms with Crippen LogP contribution in [0.25, 0.3) is 88.5 Å². The average Bonchev–Trinajstić information content (AvgIpc) is 3.76. The predicted octanol–water partition coefficient (Wildman–Crippen LogP) is 13.3. The molecule has 0 fully saturated rings. The van der Waals surface area contributed by atoms with Gasteiger partial charge in [0.1, 0.15) is 0 Å². The van der Waals surface area contributed by atoms with Crippen molar-refractivity contribution in [1.82, 2.24) is 19.1 Å². The van der Waals surface area contributed by atoms with E-state index in [1.807, 2.05) is 12.1 Å². The monoisotopic (exact) mass is 720 g/mol. The summed E-state index contributed by atoms with van der Waals surface area (Å²) in [5, 5.41) is 5.88. The quantitative estimate of drug-likeness (QED) is 0.172. The number of para-hydroxylation sites is 3. The third-order valence-corrected chi connectivity index (χ3v) is 11.6. The molecule has 5 heteroatoms. The van der Waals surface area contributed by atoms with E-state index in [1.54, 1.807) is 11.8 Å². The fourth-order valence-corrected chi connectivity index (χ4v) is 8.96. The normalized spacial score (nSPS) is 11.7. The molecule has 0 saturated heterocycles. The molecule has 3 heterocycles. The summed E-state index contributed by atoms with van der Waals surface area (Å²) in [6, 6.07) is 69.1. The summed E-state index contributed by atoms with van der Waals surface area (Å²) in [7, 11) is 0. The van der Waals surface area contributed by atoms with Crippen molar-refractivity contribution in [3.63, 3.8) is 0 Å². The Labute approximate surface area is 322 Å². The van der Waals surface area contributed by atoms with Gasteiger partial charge >= 0.3 is 0 Å². The second-order valence-corrected chi connectivity index (χ2v) is 15.0. The maximum Gasteiger partial charge on any atom is 0.235 e. The fourth-order valence-electron chi connectivity index (χ4n) is 8.07. The van der Waals surface area contributed by atoms with E-state index >= 15 is 0 Å². The molecule has 8 aromatic carbocycles. The summed E-state index contributed by atoms with van der Waals surface area (Å²) in [4.78, 5) is 12.8. The van der Waals surface area contributed by atoms with Crippen molar-refractivity contribution in [2.24, 2.45) is 0 Å². The van der Waals surface area contributed by atoms with Crippen LogP contribution in [-0.4, -0.2) is 19.1 Å². The van der Waals surface area contributed by atoms with Gasteiger partial charge in [0.05, 0.1) is 33.3 Å². The Morgan fingerprint density at radius 2 is 0.836 bits per heavy atom. The van der Waals surface area contributed by atoms with Gasteiger partial charge in [-0.1, -0.05) is 151 Å². The van der Waals surface area contributed by atoms with E-state index in [1.165, 1.54) is 48.6 Å². The molecule has 11 rings (SSSR count). The molecule has 0 aliphatic carbocycles. The van der Waals surface area contributed by atoms with Crippen LogP contribution in [0.15, 0.2) is 204 Å². The van der Waals surface area contributed by atoms with E-state index in [0.29, 0.717) is 5.95 Å². The first-order valence-electron chi connectivity index (χ1n) is 18.5. The van der Waals surface area contributed by atoms with Gasteiger partial charge < -0.3 is 4.57 Å². The van der Waals surface area contributed by atoms with E-state index in [0.717, 1.165) is 43.8 Å². The summed E-state index contributed by atoms with van der Waals surface area (Å²) in [5.41, 5.74) is 11.0. The minimum Gasteiger partial charge on any atom is -0.309 e. The maximum absolute atomic E-state index is 5.29. The van der Waals surface area contributed by atoms with E-state index in [9.17, 15) is 0 Å². The maximum atomic E-state index is 5.29. The van der Waals surface area contributed by atoms with Crippen LogP contribution < -0.4 is 0 Å². The van der Waals surface area contributed by atoms with Gasteiger partial charge in [-0.2, -0.15) is 0 Å². The number of rotatable bonds is 6. The molecule has 0 atom stereocenters. The second kappa shape index (κ2) is 12.9. The highest BCUT2D eigenvalue weighted by Crippen LogP contribution is 2.40. The zero-order chi connectivity index (χ0) is 36.3. The lowest BCUT2D eigenvalue weighted by atomic mass is 10.1. The van der Waals surface area contributed by atoms with Gasteiger partial charge in [-0.3, -0.25) is 4.57 Å². The molecule has 0 aliphatic rings. The molecule has 4 nitrogen and oxygen atoms in total. The summed E-state index contributed by atoms with van der Waals surface area (Å²) < 4.78 is 4.62. The zero-order valence-electron chi connectivity index (χ0n) is 29.7. The summed E-state index contributed by atoms with van der Waals surface area (Å²) in [5.74, 6) is 0.662. The van der Waals surface area contributed by atoms with Crippen LogP contribution in [-0.2, 0) is 0 Å². The van der Waals surface area contributed by atoms with Crippen LogP contribution >= 0.6 is 11.8 Å². The third-order valence-electron chi connectivity index (χ3n) is 10.6. The largest absolute Gasteiger partial charge is 0.309 e. The number of nitrogens with zero attached hydrogens (tertiary/aromatic N) is 4. The highest BCUT2D eigenvalue weighted by Gasteiger charge is 2.19. The Hall–Kier alpha value is -6.95. The summed E-state index contributed by atoms with van der Waals surface area (Å²) in [6.45, 7) is 0. The molecule has 0 saturated carbocycles. The van der Waals surface area contributed by atoms with Crippen molar-refractivity contribution in [3.8, 4) is 34.0 Å². The molecule has 0 aliphatic heterocycles. The number of fused-ring (bicyclic) bond motifs is 7. The number of benzene rings is 8. The highest BCUT2D eigenvalue weighted by atomic mass is 32.2. The first kappa shape index (κ1) is 31.6. The third kappa shape index (κ3) is 5.31. The molecule has 0 spiro atoms. The van der Waals surface area contributed by atoms with Crippen molar-refractivity contribution in [1.29, 1.82) is 0 Å². The van der Waals surface area contributed by atoms with E-state index in [4.69, 9.17) is 9.97 Å². The molecular weight excluding hydrogens is 689 g/mol. The topological polar surface area (TPSA) is 35.6 Å². The lowest BCUT2D eigenvalue weighted by molar-refractivity contribution is 1.01. The van der Waals surface area contributed by atoms with Crippen molar-refractivity contribution >= 4 is 66.3 Å². The lowest BCUT2D eigenvalue weighted by Crippen LogP contribution is -2.03. The molecule has 258 valence electrons.